The summed E-state index contributed by atoms with van der Waals surface area (Å²) >= 11 is 6.39. The minimum absolute atomic E-state index is 0.0693. The van der Waals surface area contributed by atoms with Crippen LogP contribution in [0.1, 0.15) is 38.3 Å². The van der Waals surface area contributed by atoms with Crippen LogP contribution in [0.4, 0.5) is 11.4 Å². The molecule has 0 spiro atoms. The second kappa shape index (κ2) is 14.3. The highest BCUT2D eigenvalue weighted by Gasteiger charge is 2.34. The number of carbonyl (C=O) groups excluding carboxylic acids is 2. The van der Waals surface area contributed by atoms with Crippen LogP contribution < -0.4 is 14.4 Å². The number of nitro groups is 1. The van der Waals surface area contributed by atoms with Gasteiger partial charge in [0.25, 0.3) is 15.7 Å². The Bertz CT molecular complexity index is 1580. The predicted molar refractivity (Wildman–Crippen MR) is 165 cm³/mol. The van der Waals surface area contributed by atoms with Crippen LogP contribution in [-0.4, -0.2) is 55.8 Å². The lowest BCUT2D eigenvalue weighted by Gasteiger charge is -2.32. The lowest BCUT2D eigenvalue weighted by atomic mass is 10.1. The summed E-state index contributed by atoms with van der Waals surface area (Å²) in [7, 11) is -3.06. The van der Waals surface area contributed by atoms with Crippen LogP contribution >= 0.6 is 11.6 Å². The molecule has 3 aromatic carbocycles. The predicted octanol–water partition coefficient (Wildman–Crippen LogP) is 5.09. The molecule has 43 heavy (non-hydrogen) atoms. The number of halogens is 1. The lowest BCUT2D eigenvalue weighted by Crippen LogP contribution is -2.52. The van der Waals surface area contributed by atoms with Gasteiger partial charge in [-0.2, -0.15) is 0 Å². The summed E-state index contributed by atoms with van der Waals surface area (Å²) in [5.41, 5.74) is 0.585. The molecule has 11 nitrogen and oxygen atoms in total. The molecule has 0 saturated heterocycles. The zero-order valence-corrected chi connectivity index (χ0v) is 26.2. The summed E-state index contributed by atoms with van der Waals surface area (Å²) in [5, 5.41) is 14.8. The maximum Gasteiger partial charge on any atom is 0.273 e. The number of nitrogens with one attached hydrogen (secondary N) is 1. The van der Waals surface area contributed by atoms with E-state index in [-0.39, 0.29) is 34.4 Å². The number of nitro benzene ring substituents is 1. The number of rotatable bonds is 13. The fraction of sp³-hybridized carbons (Fsp3) is 0.333. The number of carbonyl (C=O) groups is 2. The van der Waals surface area contributed by atoms with Gasteiger partial charge in [0, 0.05) is 29.2 Å². The van der Waals surface area contributed by atoms with Crippen molar-refractivity contribution in [1.29, 1.82) is 0 Å². The molecular formula is C30H35ClN4O7S. The molecule has 13 heteroatoms. The van der Waals surface area contributed by atoms with Gasteiger partial charge >= 0.3 is 0 Å². The van der Waals surface area contributed by atoms with Crippen LogP contribution in [0.15, 0.2) is 71.6 Å². The third-order valence-electron chi connectivity index (χ3n) is 7.07. The van der Waals surface area contributed by atoms with Crippen molar-refractivity contribution in [2.24, 2.45) is 0 Å². The van der Waals surface area contributed by atoms with Crippen molar-refractivity contribution in [3.8, 4) is 5.75 Å². The molecule has 3 aromatic rings. The van der Waals surface area contributed by atoms with Crippen molar-refractivity contribution in [2.75, 3.05) is 18.0 Å². The molecule has 1 N–H and O–H groups in total. The van der Waals surface area contributed by atoms with Gasteiger partial charge in [-0.15, -0.1) is 0 Å². The van der Waals surface area contributed by atoms with E-state index < -0.39 is 39.3 Å². The molecule has 0 radical (unpaired) electrons. The molecule has 230 valence electrons. The molecule has 0 fully saturated rings. The average molecular weight is 631 g/mol. The topological polar surface area (TPSA) is 139 Å². The number of ether oxygens (including phenoxy) is 1. The van der Waals surface area contributed by atoms with Crippen LogP contribution in [0.3, 0.4) is 0 Å². The Balaban J connectivity index is 2.10. The van der Waals surface area contributed by atoms with E-state index in [1.165, 1.54) is 55.3 Å². The SMILES string of the molecule is CC[C@@H](C)NC(=O)[C@H](C)N(Cc1ccccc1Cl)C(=O)CN(c1ccc(OC)cc1)S(=O)(=O)c1ccc(C)c([N+](=O)[O-])c1. The molecular weight excluding hydrogens is 596 g/mol. The standard InChI is InChI=1S/C30H35ClN4O7S/c1-6-21(3)32-30(37)22(4)33(18-23-9-7-8-10-27(23)31)29(36)19-34(24-12-14-25(42-5)15-13-24)43(40,41)26-16-11-20(2)28(17-26)35(38)39/h7-17,21-22H,6,18-19H2,1-5H3,(H,32,37)/t21-,22+/m1/s1. The molecule has 0 heterocycles. The summed E-state index contributed by atoms with van der Waals surface area (Å²) in [4.78, 5) is 39.0. The van der Waals surface area contributed by atoms with Gasteiger partial charge in [0.2, 0.25) is 11.8 Å². The van der Waals surface area contributed by atoms with Gasteiger partial charge in [-0.3, -0.25) is 24.0 Å². The zero-order valence-electron chi connectivity index (χ0n) is 24.6. The van der Waals surface area contributed by atoms with Crippen molar-refractivity contribution in [3.05, 3.63) is 93.0 Å². The van der Waals surface area contributed by atoms with Crippen molar-refractivity contribution in [2.45, 2.75) is 57.6 Å². The normalized spacial score (nSPS) is 12.6. The summed E-state index contributed by atoms with van der Waals surface area (Å²) < 4.78 is 34.1. The first kappa shape index (κ1) is 33.3. The number of sulfonamides is 1. The highest BCUT2D eigenvalue weighted by Crippen LogP contribution is 2.30. The summed E-state index contributed by atoms with van der Waals surface area (Å²) in [6.45, 7) is 6.03. The molecule has 0 aliphatic rings. The number of anilines is 1. The van der Waals surface area contributed by atoms with E-state index in [4.69, 9.17) is 16.3 Å². The number of aryl methyl sites for hydroxylation is 1. The Labute approximate surface area is 256 Å². The van der Waals surface area contributed by atoms with E-state index in [1.54, 1.807) is 31.2 Å². The number of hydrogen-bond donors (Lipinski definition) is 1. The van der Waals surface area contributed by atoms with Gasteiger partial charge in [-0.1, -0.05) is 42.8 Å². The first-order chi connectivity index (χ1) is 20.3. The maximum absolute atomic E-state index is 14.0. The minimum atomic E-state index is -4.51. The van der Waals surface area contributed by atoms with Crippen LogP contribution in [0.5, 0.6) is 5.75 Å². The average Bonchev–Trinajstić information content (AvgIpc) is 2.98. The van der Waals surface area contributed by atoms with E-state index in [0.29, 0.717) is 22.8 Å². The van der Waals surface area contributed by atoms with Crippen LogP contribution in [0, 0.1) is 17.0 Å². The van der Waals surface area contributed by atoms with Crippen molar-refractivity contribution < 1.29 is 27.7 Å². The number of hydrogen-bond acceptors (Lipinski definition) is 7. The van der Waals surface area contributed by atoms with Gasteiger partial charge in [-0.05, 0) is 69.2 Å². The summed E-state index contributed by atoms with van der Waals surface area (Å²) in [6, 6.07) is 15.2. The van der Waals surface area contributed by atoms with Crippen LogP contribution in [-0.2, 0) is 26.2 Å². The maximum atomic E-state index is 14.0. The number of benzene rings is 3. The molecule has 0 unspecified atom stereocenters. The van der Waals surface area contributed by atoms with Gasteiger partial charge in [0.05, 0.1) is 22.6 Å². The number of methoxy groups -OCH3 is 1. The molecule has 0 bridgehead atoms. The Hall–Kier alpha value is -4.16. The number of nitrogens with zero attached hydrogens (tertiary/aromatic N) is 3. The smallest absolute Gasteiger partial charge is 0.273 e. The van der Waals surface area contributed by atoms with E-state index in [9.17, 15) is 28.1 Å². The molecule has 2 atom stereocenters. The Kier molecular flexibility index (Phi) is 11.1. The first-order valence-corrected chi connectivity index (χ1v) is 15.4. The second-order valence-electron chi connectivity index (χ2n) is 10.0. The summed E-state index contributed by atoms with van der Waals surface area (Å²) in [5.74, 6) is -0.649. The monoisotopic (exact) mass is 630 g/mol. The highest BCUT2D eigenvalue weighted by molar-refractivity contribution is 7.92. The molecule has 0 aromatic heterocycles. The highest BCUT2D eigenvalue weighted by atomic mass is 35.5. The third-order valence-corrected chi connectivity index (χ3v) is 9.21. The van der Waals surface area contributed by atoms with Gasteiger partial charge in [0.1, 0.15) is 18.3 Å². The van der Waals surface area contributed by atoms with Crippen LogP contribution in [0.25, 0.3) is 0 Å². The van der Waals surface area contributed by atoms with E-state index in [2.05, 4.69) is 5.32 Å². The van der Waals surface area contributed by atoms with Crippen molar-refractivity contribution in [3.63, 3.8) is 0 Å². The quantitative estimate of drug-likeness (QED) is 0.205. The fourth-order valence-electron chi connectivity index (χ4n) is 4.21. The fourth-order valence-corrected chi connectivity index (χ4v) is 5.84. The minimum Gasteiger partial charge on any atom is -0.497 e. The van der Waals surface area contributed by atoms with E-state index in [1.807, 2.05) is 13.8 Å². The zero-order chi connectivity index (χ0) is 31.9. The molecule has 2 amide bonds. The summed E-state index contributed by atoms with van der Waals surface area (Å²) in [6.07, 6.45) is 0.670. The van der Waals surface area contributed by atoms with Crippen molar-refractivity contribution >= 4 is 44.8 Å². The van der Waals surface area contributed by atoms with Gasteiger partial charge < -0.3 is 15.0 Å². The number of amides is 2. The van der Waals surface area contributed by atoms with Crippen molar-refractivity contribution in [1.82, 2.24) is 10.2 Å². The molecule has 3 rings (SSSR count). The second-order valence-corrected chi connectivity index (χ2v) is 12.3. The first-order valence-electron chi connectivity index (χ1n) is 13.5. The van der Waals surface area contributed by atoms with E-state index in [0.717, 1.165) is 10.4 Å². The Morgan fingerprint density at radius 1 is 1.07 bits per heavy atom. The molecule has 0 saturated carbocycles. The lowest BCUT2D eigenvalue weighted by molar-refractivity contribution is -0.385. The third kappa shape index (κ3) is 8.02. The molecule has 0 aliphatic carbocycles. The largest absolute Gasteiger partial charge is 0.497 e. The Morgan fingerprint density at radius 3 is 2.30 bits per heavy atom. The van der Waals surface area contributed by atoms with Crippen LogP contribution in [0.2, 0.25) is 5.02 Å². The van der Waals surface area contributed by atoms with Gasteiger partial charge in [-0.25, -0.2) is 8.42 Å². The Morgan fingerprint density at radius 2 is 1.72 bits per heavy atom. The molecule has 0 aliphatic heterocycles. The van der Waals surface area contributed by atoms with E-state index >= 15 is 0 Å². The van der Waals surface area contributed by atoms with Gasteiger partial charge in [0.15, 0.2) is 0 Å².